The van der Waals surface area contributed by atoms with Gasteiger partial charge in [0, 0.05) is 24.5 Å². The number of sulfonamides is 1. The SMILES string of the molecule is CNCc1cc(S(=O)(=O)NC2CCCC(C)C2C)c[nH]1. The van der Waals surface area contributed by atoms with Crippen LogP contribution in [0.5, 0.6) is 0 Å². The van der Waals surface area contributed by atoms with Gasteiger partial charge < -0.3 is 10.3 Å². The maximum atomic E-state index is 12.4. The Bertz CT molecular complexity index is 538. The van der Waals surface area contributed by atoms with Crippen molar-refractivity contribution in [2.45, 2.75) is 50.6 Å². The van der Waals surface area contributed by atoms with Crippen molar-refractivity contribution in [1.29, 1.82) is 0 Å². The second kappa shape index (κ2) is 6.28. The molecule has 0 aromatic carbocycles. The minimum Gasteiger partial charge on any atom is -0.363 e. The fourth-order valence-corrected chi connectivity index (χ4v) is 4.26. The summed E-state index contributed by atoms with van der Waals surface area (Å²) in [6, 6.07) is 1.74. The molecule has 0 spiro atoms. The molecule has 1 fully saturated rings. The van der Waals surface area contributed by atoms with Gasteiger partial charge in [0.1, 0.15) is 0 Å². The van der Waals surface area contributed by atoms with Gasteiger partial charge in [0.25, 0.3) is 0 Å². The van der Waals surface area contributed by atoms with Gasteiger partial charge in [0.2, 0.25) is 10.0 Å². The van der Waals surface area contributed by atoms with Crippen LogP contribution < -0.4 is 10.0 Å². The van der Waals surface area contributed by atoms with Crippen molar-refractivity contribution in [2.75, 3.05) is 7.05 Å². The van der Waals surface area contributed by atoms with Crippen molar-refractivity contribution < 1.29 is 8.42 Å². The Labute approximate surface area is 121 Å². The van der Waals surface area contributed by atoms with Crippen LogP contribution in [0, 0.1) is 11.8 Å². The van der Waals surface area contributed by atoms with Crippen LogP contribution in [-0.2, 0) is 16.6 Å². The van der Waals surface area contributed by atoms with Crippen LogP contribution in [0.15, 0.2) is 17.2 Å². The van der Waals surface area contributed by atoms with Gasteiger partial charge in [0.15, 0.2) is 0 Å². The van der Waals surface area contributed by atoms with Crippen molar-refractivity contribution in [1.82, 2.24) is 15.0 Å². The Balaban J connectivity index is 2.09. The largest absolute Gasteiger partial charge is 0.363 e. The quantitative estimate of drug-likeness (QED) is 0.776. The molecule has 114 valence electrons. The number of hydrogen-bond acceptors (Lipinski definition) is 3. The van der Waals surface area contributed by atoms with Crippen molar-refractivity contribution in [2.24, 2.45) is 11.8 Å². The van der Waals surface area contributed by atoms with Gasteiger partial charge in [-0.05, 0) is 31.4 Å². The Hall–Kier alpha value is -0.850. The van der Waals surface area contributed by atoms with E-state index in [1.165, 1.54) is 6.42 Å². The van der Waals surface area contributed by atoms with E-state index in [2.05, 4.69) is 28.9 Å². The summed E-state index contributed by atoms with van der Waals surface area (Å²) in [7, 11) is -1.59. The maximum Gasteiger partial charge on any atom is 0.242 e. The molecular weight excluding hydrogens is 274 g/mol. The van der Waals surface area contributed by atoms with Gasteiger partial charge in [-0.1, -0.05) is 26.7 Å². The van der Waals surface area contributed by atoms with E-state index in [1.807, 2.05) is 7.05 Å². The van der Waals surface area contributed by atoms with E-state index in [0.29, 0.717) is 23.3 Å². The molecule has 6 heteroatoms. The van der Waals surface area contributed by atoms with Crippen LogP contribution in [0.1, 0.15) is 38.8 Å². The van der Waals surface area contributed by atoms with Crippen molar-refractivity contribution >= 4 is 10.0 Å². The third-order valence-electron chi connectivity index (χ3n) is 4.41. The van der Waals surface area contributed by atoms with Crippen LogP contribution in [0.25, 0.3) is 0 Å². The average Bonchev–Trinajstić information content (AvgIpc) is 2.85. The van der Waals surface area contributed by atoms with Crippen molar-refractivity contribution in [3.8, 4) is 0 Å². The van der Waals surface area contributed by atoms with Crippen LogP contribution in [0.3, 0.4) is 0 Å². The summed E-state index contributed by atoms with van der Waals surface area (Å²) in [5.74, 6) is 0.955. The Morgan fingerprint density at radius 2 is 2.10 bits per heavy atom. The van der Waals surface area contributed by atoms with E-state index in [-0.39, 0.29) is 6.04 Å². The van der Waals surface area contributed by atoms with Gasteiger partial charge in [-0.2, -0.15) is 0 Å². The number of aromatic nitrogens is 1. The van der Waals surface area contributed by atoms with Crippen LogP contribution >= 0.6 is 0 Å². The number of aromatic amines is 1. The van der Waals surface area contributed by atoms with Gasteiger partial charge in [-0.25, -0.2) is 13.1 Å². The molecule has 3 unspecified atom stereocenters. The molecule has 20 heavy (non-hydrogen) atoms. The van der Waals surface area contributed by atoms with Crippen molar-refractivity contribution in [3.05, 3.63) is 18.0 Å². The molecular formula is C14H25N3O2S. The lowest BCUT2D eigenvalue weighted by Crippen LogP contribution is -2.43. The van der Waals surface area contributed by atoms with E-state index in [4.69, 9.17) is 0 Å². The highest BCUT2D eigenvalue weighted by Crippen LogP contribution is 2.30. The predicted octanol–water partition coefficient (Wildman–Crippen LogP) is 1.84. The van der Waals surface area contributed by atoms with E-state index in [1.54, 1.807) is 12.3 Å². The van der Waals surface area contributed by atoms with Gasteiger partial charge in [0.05, 0.1) is 4.90 Å². The average molecular weight is 299 g/mol. The van der Waals surface area contributed by atoms with Gasteiger partial charge in [-0.3, -0.25) is 0 Å². The second-order valence-corrected chi connectivity index (χ2v) is 7.60. The predicted molar refractivity (Wildman–Crippen MR) is 79.8 cm³/mol. The molecule has 0 aliphatic heterocycles. The zero-order valence-electron chi connectivity index (χ0n) is 12.4. The number of hydrogen-bond donors (Lipinski definition) is 3. The second-order valence-electron chi connectivity index (χ2n) is 5.89. The molecule has 1 aromatic heterocycles. The molecule has 1 aliphatic carbocycles. The third-order valence-corrected chi connectivity index (χ3v) is 5.88. The highest BCUT2D eigenvalue weighted by atomic mass is 32.2. The Morgan fingerprint density at radius 3 is 2.80 bits per heavy atom. The molecule has 0 radical (unpaired) electrons. The highest BCUT2D eigenvalue weighted by Gasteiger charge is 2.31. The summed E-state index contributed by atoms with van der Waals surface area (Å²) in [5, 5.41) is 3.00. The normalized spacial score (nSPS) is 27.6. The van der Waals surface area contributed by atoms with E-state index >= 15 is 0 Å². The molecule has 2 rings (SSSR count). The third kappa shape index (κ3) is 3.42. The zero-order chi connectivity index (χ0) is 14.8. The fourth-order valence-electron chi connectivity index (χ4n) is 2.88. The van der Waals surface area contributed by atoms with E-state index in [9.17, 15) is 8.42 Å². The van der Waals surface area contributed by atoms with Crippen LogP contribution in [0.2, 0.25) is 0 Å². The molecule has 0 amide bonds. The first-order valence-corrected chi connectivity index (χ1v) is 8.76. The smallest absolute Gasteiger partial charge is 0.242 e. The van der Waals surface area contributed by atoms with Crippen LogP contribution in [0.4, 0.5) is 0 Å². The molecule has 1 heterocycles. The monoisotopic (exact) mass is 299 g/mol. The van der Waals surface area contributed by atoms with Gasteiger partial charge >= 0.3 is 0 Å². The first-order valence-electron chi connectivity index (χ1n) is 7.28. The molecule has 1 saturated carbocycles. The van der Waals surface area contributed by atoms with E-state index < -0.39 is 10.0 Å². The minimum atomic E-state index is -3.42. The Kier molecular flexibility index (Phi) is 4.88. The lowest BCUT2D eigenvalue weighted by Gasteiger charge is -2.34. The summed E-state index contributed by atoms with van der Waals surface area (Å²) in [5.41, 5.74) is 0.873. The molecule has 3 N–H and O–H groups in total. The van der Waals surface area contributed by atoms with Crippen LogP contribution in [-0.4, -0.2) is 26.5 Å². The number of H-pyrrole nitrogens is 1. The fraction of sp³-hybridized carbons (Fsp3) is 0.714. The van der Waals surface area contributed by atoms with Crippen molar-refractivity contribution in [3.63, 3.8) is 0 Å². The Morgan fingerprint density at radius 1 is 1.35 bits per heavy atom. The van der Waals surface area contributed by atoms with Gasteiger partial charge in [-0.15, -0.1) is 0 Å². The molecule has 3 atom stereocenters. The zero-order valence-corrected chi connectivity index (χ0v) is 13.3. The lowest BCUT2D eigenvalue weighted by atomic mass is 9.78. The topological polar surface area (TPSA) is 74.0 Å². The standard InChI is InChI=1S/C14H25N3O2S/c1-10-5-4-6-14(11(10)2)17-20(18,19)13-7-12(8-15-3)16-9-13/h7,9-11,14-17H,4-6,8H2,1-3H3. The summed E-state index contributed by atoms with van der Waals surface area (Å²) < 4.78 is 27.7. The lowest BCUT2D eigenvalue weighted by molar-refractivity contribution is 0.227. The first kappa shape index (κ1) is 15.5. The molecule has 1 aliphatic rings. The molecule has 0 bridgehead atoms. The summed E-state index contributed by atoms with van der Waals surface area (Å²) in [6.45, 7) is 4.97. The maximum absolute atomic E-state index is 12.4. The summed E-state index contributed by atoms with van der Waals surface area (Å²) in [6.07, 6.45) is 4.77. The first-order chi connectivity index (χ1) is 9.44. The molecule has 0 saturated heterocycles. The highest BCUT2D eigenvalue weighted by molar-refractivity contribution is 7.89. The molecule has 1 aromatic rings. The minimum absolute atomic E-state index is 0.0476. The summed E-state index contributed by atoms with van der Waals surface area (Å²) in [4.78, 5) is 3.32. The molecule has 5 nitrogen and oxygen atoms in total. The number of rotatable bonds is 5. The van der Waals surface area contributed by atoms with E-state index in [0.717, 1.165) is 18.5 Å². The number of nitrogens with one attached hydrogen (secondary N) is 3. The summed E-state index contributed by atoms with van der Waals surface area (Å²) >= 11 is 0.